The highest BCUT2D eigenvalue weighted by Gasteiger charge is 2.34. The zero-order chi connectivity index (χ0) is 17.6. The minimum atomic E-state index is -0.392. The zero-order valence-electron chi connectivity index (χ0n) is 13.1. The largest absolute Gasteiger partial charge is 0.273 e. The molecule has 1 aromatic heterocycles. The minimum absolute atomic E-state index is 0.000529. The first-order valence-corrected chi connectivity index (χ1v) is 7.75. The Morgan fingerprint density at radius 3 is 1.92 bits per heavy atom. The number of carbonyl (C=O) groups is 2. The number of imide groups is 1. The van der Waals surface area contributed by atoms with Crippen molar-refractivity contribution in [3.63, 3.8) is 0 Å². The molecule has 0 spiro atoms. The SMILES string of the molecule is O=C1c2ccccc2C(=O)N1CCn1[nH]c(=O)c2ccccc2c1=O. The van der Waals surface area contributed by atoms with Crippen LogP contribution in [0.2, 0.25) is 0 Å². The van der Waals surface area contributed by atoms with Crippen molar-refractivity contribution in [2.24, 2.45) is 0 Å². The topological polar surface area (TPSA) is 92.2 Å². The smallest absolute Gasteiger partial charge is 0.272 e. The molecule has 0 fully saturated rings. The molecule has 0 aliphatic carbocycles. The first kappa shape index (κ1) is 15.1. The zero-order valence-corrected chi connectivity index (χ0v) is 13.1. The third kappa shape index (κ3) is 2.28. The van der Waals surface area contributed by atoms with E-state index in [4.69, 9.17) is 0 Å². The third-order valence-corrected chi connectivity index (χ3v) is 4.31. The van der Waals surface area contributed by atoms with E-state index in [1.165, 1.54) is 0 Å². The lowest BCUT2D eigenvalue weighted by Crippen LogP contribution is -2.37. The van der Waals surface area contributed by atoms with Crippen LogP contribution in [0.5, 0.6) is 0 Å². The second kappa shape index (κ2) is 5.55. The van der Waals surface area contributed by atoms with Crippen molar-refractivity contribution in [3.05, 3.63) is 80.4 Å². The van der Waals surface area contributed by atoms with Crippen molar-refractivity contribution < 1.29 is 9.59 Å². The molecule has 2 amide bonds. The van der Waals surface area contributed by atoms with Gasteiger partial charge in [0, 0.05) is 6.54 Å². The first-order chi connectivity index (χ1) is 12.1. The Labute approximate surface area is 141 Å². The Bertz CT molecular complexity index is 1110. The molecule has 0 atom stereocenters. The Balaban J connectivity index is 1.65. The van der Waals surface area contributed by atoms with Gasteiger partial charge in [-0.05, 0) is 24.3 Å². The predicted octanol–water partition coefficient (Wildman–Crippen LogP) is 0.986. The van der Waals surface area contributed by atoms with Gasteiger partial charge < -0.3 is 0 Å². The maximum absolute atomic E-state index is 12.5. The van der Waals surface area contributed by atoms with Gasteiger partial charge in [0.15, 0.2) is 0 Å². The maximum atomic E-state index is 12.5. The maximum Gasteiger partial charge on any atom is 0.273 e. The number of rotatable bonds is 3. The van der Waals surface area contributed by atoms with Crippen LogP contribution < -0.4 is 11.1 Å². The van der Waals surface area contributed by atoms with Crippen LogP contribution in [-0.4, -0.2) is 33.0 Å². The summed E-state index contributed by atoms with van der Waals surface area (Å²) in [7, 11) is 0. The normalized spacial score (nSPS) is 13.5. The van der Waals surface area contributed by atoms with Crippen molar-refractivity contribution in [2.75, 3.05) is 6.54 Å². The van der Waals surface area contributed by atoms with E-state index in [9.17, 15) is 19.2 Å². The first-order valence-electron chi connectivity index (χ1n) is 7.75. The third-order valence-electron chi connectivity index (χ3n) is 4.31. The van der Waals surface area contributed by atoms with Crippen LogP contribution in [0.1, 0.15) is 20.7 Å². The fourth-order valence-electron chi connectivity index (χ4n) is 3.05. The molecule has 7 nitrogen and oxygen atoms in total. The van der Waals surface area contributed by atoms with Crippen LogP contribution >= 0.6 is 0 Å². The van der Waals surface area contributed by atoms with Gasteiger partial charge in [0.2, 0.25) is 0 Å². The van der Waals surface area contributed by atoms with Crippen molar-refractivity contribution in [3.8, 4) is 0 Å². The molecule has 3 aromatic rings. The molecular formula is C18H13N3O4. The fourth-order valence-corrected chi connectivity index (χ4v) is 3.05. The van der Waals surface area contributed by atoms with E-state index in [-0.39, 0.29) is 18.6 Å². The number of H-pyrrole nitrogens is 1. The molecule has 4 rings (SSSR count). The van der Waals surface area contributed by atoms with Crippen LogP contribution in [0.4, 0.5) is 0 Å². The van der Waals surface area contributed by atoms with Gasteiger partial charge in [-0.3, -0.25) is 29.2 Å². The molecular weight excluding hydrogens is 322 g/mol. The number of nitrogens with zero attached hydrogens (tertiary/aromatic N) is 2. The molecule has 1 aliphatic heterocycles. The number of aromatic amines is 1. The average molecular weight is 335 g/mol. The second-order valence-electron chi connectivity index (χ2n) is 5.75. The highest BCUT2D eigenvalue weighted by molar-refractivity contribution is 6.21. The van der Waals surface area contributed by atoms with E-state index < -0.39 is 17.4 Å². The molecule has 0 radical (unpaired) electrons. The van der Waals surface area contributed by atoms with Gasteiger partial charge >= 0.3 is 0 Å². The van der Waals surface area contributed by atoms with E-state index >= 15 is 0 Å². The van der Waals surface area contributed by atoms with E-state index in [0.717, 1.165) is 9.58 Å². The summed E-state index contributed by atoms with van der Waals surface area (Å²) >= 11 is 0. The lowest BCUT2D eigenvalue weighted by Gasteiger charge is -2.14. The Kier molecular flexibility index (Phi) is 3.35. The van der Waals surface area contributed by atoms with Gasteiger partial charge in [0.1, 0.15) is 0 Å². The second-order valence-corrected chi connectivity index (χ2v) is 5.75. The van der Waals surface area contributed by atoms with E-state index in [1.54, 1.807) is 48.5 Å². The molecule has 0 unspecified atom stereocenters. The van der Waals surface area contributed by atoms with Gasteiger partial charge in [-0.25, -0.2) is 4.68 Å². The van der Waals surface area contributed by atoms with Crippen molar-refractivity contribution in [2.45, 2.75) is 6.54 Å². The highest BCUT2D eigenvalue weighted by Crippen LogP contribution is 2.22. The molecule has 0 bridgehead atoms. The minimum Gasteiger partial charge on any atom is -0.272 e. The number of nitrogens with one attached hydrogen (secondary N) is 1. The molecule has 2 aromatic carbocycles. The molecule has 124 valence electrons. The van der Waals surface area contributed by atoms with Gasteiger partial charge in [0.25, 0.3) is 22.9 Å². The summed E-state index contributed by atoms with van der Waals surface area (Å²) in [6, 6.07) is 13.1. The fraction of sp³-hybridized carbons (Fsp3) is 0.111. The summed E-state index contributed by atoms with van der Waals surface area (Å²) in [4.78, 5) is 50.3. The van der Waals surface area contributed by atoms with Crippen LogP contribution in [0.25, 0.3) is 10.8 Å². The van der Waals surface area contributed by atoms with Crippen LogP contribution in [0.15, 0.2) is 58.1 Å². The Morgan fingerprint density at radius 1 is 0.720 bits per heavy atom. The summed E-state index contributed by atoms with van der Waals surface area (Å²) in [6.07, 6.45) is 0. The molecule has 0 saturated heterocycles. The van der Waals surface area contributed by atoms with Crippen LogP contribution in [0, 0.1) is 0 Å². The van der Waals surface area contributed by atoms with Crippen molar-refractivity contribution in [1.29, 1.82) is 0 Å². The number of fused-ring (bicyclic) bond motifs is 2. The molecule has 1 N–H and O–H groups in total. The molecule has 7 heteroatoms. The van der Waals surface area contributed by atoms with Gasteiger partial charge in [0.05, 0.1) is 28.4 Å². The summed E-state index contributed by atoms with van der Waals surface area (Å²) in [6.45, 7) is 0.0188. The summed E-state index contributed by atoms with van der Waals surface area (Å²) in [5.41, 5.74) is -0.0527. The number of amides is 2. The number of hydrogen-bond acceptors (Lipinski definition) is 4. The van der Waals surface area contributed by atoms with Gasteiger partial charge in [-0.2, -0.15) is 0 Å². The number of aromatic nitrogens is 2. The number of benzene rings is 2. The van der Waals surface area contributed by atoms with Crippen LogP contribution in [-0.2, 0) is 6.54 Å². The van der Waals surface area contributed by atoms with Gasteiger partial charge in [-0.15, -0.1) is 0 Å². The Morgan fingerprint density at radius 2 is 1.28 bits per heavy atom. The molecule has 25 heavy (non-hydrogen) atoms. The van der Waals surface area contributed by atoms with Crippen molar-refractivity contribution >= 4 is 22.6 Å². The summed E-state index contributed by atoms with van der Waals surface area (Å²) in [5.74, 6) is -0.784. The molecule has 2 heterocycles. The van der Waals surface area contributed by atoms with E-state index in [1.807, 2.05) is 0 Å². The van der Waals surface area contributed by atoms with E-state index in [0.29, 0.717) is 21.9 Å². The highest BCUT2D eigenvalue weighted by atomic mass is 16.2. The molecule has 0 saturated carbocycles. The lowest BCUT2D eigenvalue weighted by atomic mass is 10.1. The monoisotopic (exact) mass is 335 g/mol. The van der Waals surface area contributed by atoms with E-state index in [2.05, 4.69) is 5.10 Å². The molecule has 1 aliphatic rings. The number of hydrogen-bond donors (Lipinski definition) is 1. The summed E-state index contributed by atoms with van der Waals surface area (Å²) < 4.78 is 1.13. The summed E-state index contributed by atoms with van der Waals surface area (Å²) in [5, 5.41) is 3.10. The average Bonchev–Trinajstić information content (AvgIpc) is 2.88. The Hall–Kier alpha value is -3.48. The predicted molar refractivity (Wildman–Crippen MR) is 90.6 cm³/mol. The van der Waals surface area contributed by atoms with Crippen LogP contribution in [0.3, 0.4) is 0 Å². The van der Waals surface area contributed by atoms with Gasteiger partial charge in [-0.1, -0.05) is 24.3 Å². The number of carbonyl (C=O) groups excluding carboxylic acids is 2. The quantitative estimate of drug-likeness (QED) is 0.722. The standard InChI is InChI=1S/C18H13N3O4/c22-15-11-5-1-2-6-12(11)18(25)21(19-15)10-9-20-16(23)13-7-3-4-8-14(13)17(20)24/h1-8H,9-10H2,(H,19,22). The van der Waals surface area contributed by atoms with Crippen molar-refractivity contribution in [1.82, 2.24) is 14.7 Å². The lowest BCUT2D eigenvalue weighted by molar-refractivity contribution is 0.0647.